The summed E-state index contributed by atoms with van der Waals surface area (Å²) in [5.41, 5.74) is 1.25. The first-order valence-corrected chi connectivity index (χ1v) is 8.02. The van der Waals surface area contributed by atoms with Crippen LogP contribution in [0, 0.1) is 5.92 Å². The summed E-state index contributed by atoms with van der Waals surface area (Å²) in [6.07, 6.45) is 0.337. The minimum atomic E-state index is -0.950. The van der Waals surface area contributed by atoms with Crippen LogP contribution >= 0.6 is 0 Å². The van der Waals surface area contributed by atoms with Crippen molar-refractivity contribution in [3.8, 4) is 11.5 Å². The first kappa shape index (κ1) is 16.8. The van der Waals surface area contributed by atoms with Gasteiger partial charge in [0.15, 0.2) is 11.5 Å². The molecule has 0 saturated carbocycles. The van der Waals surface area contributed by atoms with Crippen molar-refractivity contribution in [2.24, 2.45) is 5.92 Å². The Bertz CT molecular complexity index is 775. The number of ether oxygens (including phenoxy) is 2. The van der Waals surface area contributed by atoms with Crippen molar-refractivity contribution < 1.29 is 24.2 Å². The molecule has 0 aliphatic carbocycles. The van der Waals surface area contributed by atoms with Crippen molar-refractivity contribution in [3.63, 3.8) is 0 Å². The highest BCUT2D eigenvalue weighted by Crippen LogP contribution is 2.35. The first-order chi connectivity index (χ1) is 12.1. The fourth-order valence-corrected chi connectivity index (χ4v) is 2.84. The molecule has 0 fully saturated rings. The number of fused-ring (bicyclic) bond motifs is 1. The molecule has 2 aromatic rings. The van der Waals surface area contributed by atoms with E-state index in [4.69, 9.17) is 9.47 Å². The fourth-order valence-electron chi connectivity index (χ4n) is 2.84. The number of para-hydroxylation sites is 1. The number of hydrogen-bond acceptors (Lipinski definition) is 4. The van der Waals surface area contributed by atoms with Gasteiger partial charge in [-0.25, -0.2) is 0 Å². The molecule has 2 aromatic carbocycles. The molecule has 0 bridgehead atoms. The van der Waals surface area contributed by atoms with Gasteiger partial charge in [0.05, 0.1) is 11.5 Å². The van der Waals surface area contributed by atoms with E-state index >= 15 is 0 Å². The van der Waals surface area contributed by atoms with Gasteiger partial charge in [0.2, 0.25) is 6.79 Å². The second kappa shape index (κ2) is 7.25. The number of amides is 1. The summed E-state index contributed by atoms with van der Waals surface area (Å²) in [6, 6.07) is 13.8. The molecule has 3 rings (SSSR count). The smallest absolute Gasteiger partial charge is 0.308 e. The summed E-state index contributed by atoms with van der Waals surface area (Å²) in [7, 11) is 0. The van der Waals surface area contributed by atoms with Gasteiger partial charge < -0.3 is 19.9 Å². The van der Waals surface area contributed by atoms with Crippen molar-refractivity contribution >= 4 is 11.9 Å². The standard InChI is InChI=1S/C19H19NO5/c1-12(15(19(22)23)10-13-6-3-2-4-7-13)20-18(21)14-8-5-9-16-17(14)25-11-24-16/h2-9,12,15H,10-11H2,1H3,(H,20,21)(H,22,23). The Kier molecular flexibility index (Phi) is 4.88. The van der Waals surface area contributed by atoms with Crippen LogP contribution in [0.25, 0.3) is 0 Å². The van der Waals surface area contributed by atoms with Gasteiger partial charge in [0, 0.05) is 6.04 Å². The Balaban J connectivity index is 1.73. The van der Waals surface area contributed by atoms with Crippen molar-refractivity contribution in [2.45, 2.75) is 19.4 Å². The highest BCUT2D eigenvalue weighted by molar-refractivity contribution is 5.98. The summed E-state index contributed by atoms with van der Waals surface area (Å²) in [5, 5.41) is 12.3. The zero-order valence-electron chi connectivity index (χ0n) is 13.8. The van der Waals surface area contributed by atoms with Gasteiger partial charge in [0.1, 0.15) is 0 Å². The minimum Gasteiger partial charge on any atom is -0.481 e. The molecule has 0 saturated heterocycles. The lowest BCUT2D eigenvalue weighted by Crippen LogP contribution is -2.42. The number of carboxylic acid groups (broad SMARTS) is 1. The zero-order chi connectivity index (χ0) is 17.8. The molecule has 0 radical (unpaired) electrons. The Morgan fingerprint density at radius 1 is 1.12 bits per heavy atom. The van der Waals surface area contributed by atoms with Gasteiger partial charge in [-0.1, -0.05) is 36.4 Å². The van der Waals surface area contributed by atoms with Crippen LogP contribution in [0.2, 0.25) is 0 Å². The third-order valence-corrected chi connectivity index (χ3v) is 4.22. The second-order valence-electron chi connectivity index (χ2n) is 5.94. The summed E-state index contributed by atoms with van der Waals surface area (Å²) < 4.78 is 10.6. The molecule has 2 unspecified atom stereocenters. The number of carbonyl (C=O) groups excluding carboxylic acids is 1. The van der Waals surface area contributed by atoms with Crippen LogP contribution in [0.1, 0.15) is 22.8 Å². The highest BCUT2D eigenvalue weighted by atomic mass is 16.7. The van der Waals surface area contributed by atoms with Crippen LogP contribution in [0.5, 0.6) is 11.5 Å². The van der Waals surface area contributed by atoms with E-state index in [2.05, 4.69) is 5.32 Å². The van der Waals surface area contributed by atoms with Crippen LogP contribution in [-0.4, -0.2) is 29.8 Å². The number of benzene rings is 2. The normalized spacial score (nSPS) is 14.6. The van der Waals surface area contributed by atoms with Crippen molar-refractivity contribution in [1.29, 1.82) is 0 Å². The molecule has 0 spiro atoms. The van der Waals surface area contributed by atoms with Gasteiger partial charge in [-0.15, -0.1) is 0 Å². The SMILES string of the molecule is CC(NC(=O)c1cccc2c1OCO2)C(Cc1ccccc1)C(=O)O. The number of nitrogens with one attached hydrogen (secondary N) is 1. The molecule has 130 valence electrons. The number of carboxylic acids is 1. The van der Waals surface area contributed by atoms with Gasteiger partial charge in [-0.2, -0.15) is 0 Å². The van der Waals surface area contributed by atoms with Gasteiger partial charge in [0.25, 0.3) is 5.91 Å². The maximum absolute atomic E-state index is 12.6. The summed E-state index contributed by atoms with van der Waals surface area (Å²) in [5.74, 6) is -1.16. The fraction of sp³-hybridized carbons (Fsp3) is 0.263. The molecule has 1 aliphatic heterocycles. The number of carbonyl (C=O) groups is 2. The van der Waals surface area contributed by atoms with E-state index in [1.54, 1.807) is 25.1 Å². The average molecular weight is 341 g/mol. The third kappa shape index (κ3) is 3.74. The molecule has 1 aliphatic rings. The van der Waals surface area contributed by atoms with Gasteiger partial charge >= 0.3 is 5.97 Å². The summed E-state index contributed by atoms with van der Waals surface area (Å²) in [4.78, 5) is 24.2. The zero-order valence-corrected chi connectivity index (χ0v) is 13.8. The third-order valence-electron chi connectivity index (χ3n) is 4.22. The number of aliphatic carboxylic acids is 1. The van der Waals surface area contributed by atoms with Crippen LogP contribution in [0.3, 0.4) is 0 Å². The summed E-state index contributed by atoms with van der Waals surface area (Å²) >= 11 is 0. The Morgan fingerprint density at radius 2 is 1.88 bits per heavy atom. The lowest BCUT2D eigenvalue weighted by atomic mass is 9.93. The Hall–Kier alpha value is -3.02. The molecule has 2 atom stereocenters. The largest absolute Gasteiger partial charge is 0.481 e. The maximum atomic E-state index is 12.6. The average Bonchev–Trinajstić information content (AvgIpc) is 3.08. The van der Waals surface area contributed by atoms with Crippen LogP contribution in [0.4, 0.5) is 0 Å². The molecule has 6 nitrogen and oxygen atoms in total. The van der Waals surface area contributed by atoms with Crippen molar-refractivity contribution in [1.82, 2.24) is 5.32 Å². The van der Waals surface area contributed by atoms with Crippen LogP contribution in [-0.2, 0) is 11.2 Å². The van der Waals surface area contributed by atoms with E-state index in [0.717, 1.165) is 5.56 Å². The van der Waals surface area contributed by atoms with E-state index in [1.165, 1.54) is 0 Å². The maximum Gasteiger partial charge on any atom is 0.308 e. The van der Waals surface area contributed by atoms with Crippen LogP contribution in [0.15, 0.2) is 48.5 Å². The second-order valence-corrected chi connectivity index (χ2v) is 5.94. The van der Waals surface area contributed by atoms with Crippen molar-refractivity contribution in [2.75, 3.05) is 6.79 Å². The Labute approximate surface area is 145 Å². The highest BCUT2D eigenvalue weighted by Gasteiger charge is 2.28. The monoisotopic (exact) mass is 341 g/mol. The molecular formula is C19H19NO5. The molecule has 1 heterocycles. The molecular weight excluding hydrogens is 322 g/mol. The minimum absolute atomic E-state index is 0.0704. The van der Waals surface area contributed by atoms with E-state index in [1.807, 2.05) is 30.3 Å². The van der Waals surface area contributed by atoms with E-state index < -0.39 is 17.9 Å². The number of hydrogen-bond donors (Lipinski definition) is 2. The lowest BCUT2D eigenvalue weighted by molar-refractivity contribution is -0.142. The predicted molar refractivity (Wildman–Crippen MR) is 90.8 cm³/mol. The first-order valence-electron chi connectivity index (χ1n) is 8.02. The van der Waals surface area contributed by atoms with Crippen molar-refractivity contribution in [3.05, 3.63) is 59.7 Å². The molecule has 2 N–H and O–H groups in total. The van der Waals surface area contributed by atoms with E-state index in [0.29, 0.717) is 23.5 Å². The predicted octanol–water partition coefficient (Wildman–Crippen LogP) is 2.48. The Morgan fingerprint density at radius 3 is 2.60 bits per heavy atom. The summed E-state index contributed by atoms with van der Waals surface area (Å²) in [6.45, 7) is 1.76. The van der Waals surface area contributed by atoms with Gasteiger partial charge in [-0.3, -0.25) is 9.59 Å². The molecule has 6 heteroatoms. The van der Waals surface area contributed by atoms with Crippen LogP contribution < -0.4 is 14.8 Å². The quantitative estimate of drug-likeness (QED) is 0.843. The van der Waals surface area contributed by atoms with E-state index in [9.17, 15) is 14.7 Å². The molecule has 1 amide bonds. The molecule has 0 aromatic heterocycles. The lowest BCUT2D eigenvalue weighted by Gasteiger charge is -2.22. The molecule has 25 heavy (non-hydrogen) atoms. The topological polar surface area (TPSA) is 84.9 Å². The number of rotatable bonds is 6. The van der Waals surface area contributed by atoms with E-state index in [-0.39, 0.29) is 12.7 Å². The van der Waals surface area contributed by atoms with Gasteiger partial charge in [-0.05, 0) is 31.0 Å².